The summed E-state index contributed by atoms with van der Waals surface area (Å²) in [5, 5.41) is 14.0. The fourth-order valence-electron chi connectivity index (χ4n) is 5.15. The van der Waals surface area contributed by atoms with Crippen molar-refractivity contribution in [2.24, 2.45) is 0 Å². The van der Waals surface area contributed by atoms with Crippen LogP contribution in [0.4, 0.5) is 10.2 Å². The van der Waals surface area contributed by atoms with Crippen LogP contribution in [-0.4, -0.2) is 55.0 Å². The number of piperidine rings is 1. The fraction of sp³-hybridized carbons (Fsp3) is 0.435. The van der Waals surface area contributed by atoms with Crippen molar-refractivity contribution in [1.82, 2.24) is 24.8 Å². The number of aromatic hydroxyl groups is 1. The maximum absolute atomic E-state index is 15.4. The Balaban J connectivity index is 1.38. The third kappa shape index (κ3) is 3.35. The third-order valence-electron chi connectivity index (χ3n) is 6.95. The lowest BCUT2D eigenvalue weighted by Crippen LogP contribution is -2.65. The smallest absolute Gasteiger partial charge is 0.147 e. The number of phenolic OH excluding ortho intramolecular Hbond substituents is 1. The van der Waals surface area contributed by atoms with Crippen LogP contribution in [0.1, 0.15) is 33.1 Å². The molecule has 2 aliphatic heterocycles. The first kappa shape index (κ1) is 19.9. The summed E-state index contributed by atoms with van der Waals surface area (Å²) in [7, 11) is 1.88. The van der Waals surface area contributed by atoms with Gasteiger partial charge in [-0.1, -0.05) is 0 Å². The van der Waals surface area contributed by atoms with Crippen molar-refractivity contribution in [1.29, 1.82) is 0 Å². The van der Waals surface area contributed by atoms with E-state index in [4.69, 9.17) is 0 Å². The van der Waals surface area contributed by atoms with E-state index in [1.54, 1.807) is 31.0 Å². The summed E-state index contributed by atoms with van der Waals surface area (Å²) in [4.78, 5) is 15.0. The lowest BCUT2D eigenvalue weighted by atomic mass is 9.82. The second-order valence-electron chi connectivity index (χ2n) is 9.32. The largest absolute Gasteiger partial charge is 0.507 e. The van der Waals surface area contributed by atoms with Gasteiger partial charge in [0.05, 0.1) is 36.1 Å². The summed E-state index contributed by atoms with van der Waals surface area (Å²) in [6.07, 6.45) is 10.00. The van der Waals surface area contributed by atoms with Crippen molar-refractivity contribution in [2.75, 3.05) is 11.9 Å². The summed E-state index contributed by atoms with van der Waals surface area (Å²) < 4.78 is 17.2. The summed E-state index contributed by atoms with van der Waals surface area (Å²) in [5.41, 5.74) is 1.41. The Morgan fingerprint density at radius 1 is 1.23 bits per heavy atom. The Morgan fingerprint density at radius 2 is 2.06 bits per heavy atom. The first-order valence-corrected chi connectivity index (χ1v) is 10.6. The van der Waals surface area contributed by atoms with E-state index < -0.39 is 11.7 Å². The van der Waals surface area contributed by atoms with Crippen molar-refractivity contribution >= 4 is 5.82 Å². The standard InChI is InChI=1S/C23H27FN6O/c1-22-6-7-23(2,28-22)21(24)18(11-22)29(3)20-13-26-17(12-27-20)16-5-4-15(10-19(16)31)30-9-8-25-14-30/h4-5,8-10,12-14,18,21,28,31H,6-7,11H2,1-3H3/t18-,21-,22-,23+/m0/s1. The average molecular weight is 423 g/mol. The molecule has 2 fully saturated rings. The Labute approximate surface area is 181 Å². The van der Waals surface area contributed by atoms with Gasteiger partial charge < -0.3 is 19.9 Å². The van der Waals surface area contributed by atoms with Crippen LogP contribution in [0.3, 0.4) is 0 Å². The molecule has 7 nitrogen and oxygen atoms in total. The molecule has 8 heteroatoms. The number of imidazole rings is 1. The highest BCUT2D eigenvalue weighted by Gasteiger charge is 2.56. The van der Waals surface area contributed by atoms with E-state index in [2.05, 4.69) is 27.2 Å². The zero-order valence-electron chi connectivity index (χ0n) is 18.0. The monoisotopic (exact) mass is 422 g/mol. The van der Waals surface area contributed by atoms with Crippen molar-refractivity contribution in [3.8, 4) is 22.7 Å². The van der Waals surface area contributed by atoms with Crippen LogP contribution < -0.4 is 10.2 Å². The van der Waals surface area contributed by atoms with E-state index in [0.717, 1.165) is 24.9 Å². The first-order chi connectivity index (χ1) is 14.8. The second kappa shape index (κ2) is 7.02. The van der Waals surface area contributed by atoms with Gasteiger partial charge in [0.15, 0.2) is 0 Å². The zero-order chi connectivity index (χ0) is 21.8. The maximum Gasteiger partial charge on any atom is 0.147 e. The average Bonchev–Trinajstić information content (AvgIpc) is 3.38. The molecule has 4 atom stereocenters. The van der Waals surface area contributed by atoms with Gasteiger partial charge in [-0.3, -0.25) is 4.98 Å². The van der Waals surface area contributed by atoms with Crippen molar-refractivity contribution in [3.63, 3.8) is 0 Å². The highest BCUT2D eigenvalue weighted by Crippen LogP contribution is 2.45. The number of benzene rings is 1. The summed E-state index contributed by atoms with van der Waals surface area (Å²) in [6, 6.07) is 5.10. The fourth-order valence-corrected chi connectivity index (χ4v) is 5.15. The van der Waals surface area contributed by atoms with Crippen LogP contribution in [0, 0.1) is 0 Å². The molecule has 4 heterocycles. The van der Waals surface area contributed by atoms with Crippen molar-refractivity contribution in [2.45, 2.75) is 56.4 Å². The van der Waals surface area contributed by atoms with E-state index in [1.165, 1.54) is 0 Å². The van der Waals surface area contributed by atoms with Crippen LogP contribution in [0.25, 0.3) is 16.9 Å². The molecule has 2 N–H and O–H groups in total. The van der Waals surface area contributed by atoms with E-state index in [9.17, 15) is 5.11 Å². The number of alkyl halides is 1. The summed E-state index contributed by atoms with van der Waals surface area (Å²) in [6.45, 7) is 4.16. The molecule has 0 radical (unpaired) electrons. The number of rotatable bonds is 4. The van der Waals surface area contributed by atoms with Gasteiger partial charge in [0.1, 0.15) is 17.7 Å². The molecule has 2 bridgehead atoms. The van der Waals surface area contributed by atoms with Crippen LogP contribution in [0.2, 0.25) is 0 Å². The Bertz CT molecular complexity index is 1090. The lowest BCUT2D eigenvalue weighted by Gasteiger charge is -2.47. The van der Waals surface area contributed by atoms with E-state index in [1.807, 2.05) is 41.8 Å². The predicted octanol–water partition coefficient (Wildman–Crippen LogP) is 3.48. The molecule has 2 aliphatic rings. The summed E-state index contributed by atoms with van der Waals surface area (Å²) >= 11 is 0. The number of nitrogens with zero attached hydrogens (tertiary/aromatic N) is 5. The van der Waals surface area contributed by atoms with Gasteiger partial charge in [-0.15, -0.1) is 0 Å². The minimum atomic E-state index is -0.991. The number of anilines is 1. The molecule has 2 saturated heterocycles. The molecular weight excluding hydrogens is 395 g/mol. The molecule has 0 saturated carbocycles. The molecule has 162 valence electrons. The summed E-state index contributed by atoms with van der Waals surface area (Å²) in [5.74, 6) is 0.737. The van der Waals surface area contributed by atoms with E-state index >= 15 is 4.39 Å². The molecule has 0 unspecified atom stereocenters. The van der Waals surface area contributed by atoms with Crippen LogP contribution in [0.5, 0.6) is 5.75 Å². The van der Waals surface area contributed by atoms with Gasteiger partial charge in [0.25, 0.3) is 0 Å². The van der Waals surface area contributed by atoms with E-state index in [-0.39, 0.29) is 17.3 Å². The van der Waals surface area contributed by atoms with E-state index in [0.29, 0.717) is 17.1 Å². The van der Waals surface area contributed by atoms with Crippen LogP contribution in [-0.2, 0) is 0 Å². The topological polar surface area (TPSA) is 79.1 Å². The molecule has 0 aliphatic carbocycles. The number of fused-ring (bicyclic) bond motifs is 2. The number of hydrogen-bond donors (Lipinski definition) is 2. The minimum absolute atomic E-state index is 0.0492. The number of aromatic nitrogens is 4. The molecule has 5 rings (SSSR count). The van der Waals surface area contributed by atoms with Gasteiger partial charge in [0.2, 0.25) is 0 Å². The zero-order valence-corrected chi connectivity index (χ0v) is 18.0. The first-order valence-electron chi connectivity index (χ1n) is 10.6. The van der Waals surface area contributed by atoms with Gasteiger partial charge in [0, 0.05) is 42.1 Å². The van der Waals surface area contributed by atoms with Gasteiger partial charge >= 0.3 is 0 Å². The minimum Gasteiger partial charge on any atom is -0.507 e. The predicted molar refractivity (Wildman–Crippen MR) is 117 cm³/mol. The third-order valence-corrected chi connectivity index (χ3v) is 6.95. The number of halogens is 1. The second-order valence-corrected chi connectivity index (χ2v) is 9.32. The van der Waals surface area contributed by atoms with Crippen molar-refractivity contribution < 1.29 is 9.50 Å². The maximum atomic E-state index is 15.4. The number of phenols is 1. The molecule has 31 heavy (non-hydrogen) atoms. The molecule has 0 spiro atoms. The van der Waals surface area contributed by atoms with Gasteiger partial charge in [-0.25, -0.2) is 14.4 Å². The van der Waals surface area contributed by atoms with Crippen molar-refractivity contribution in [3.05, 3.63) is 49.3 Å². The molecule has 1 aromatic carbocycles. The Kier molecular flexibility index (Phi) is 4.51. The Hall–Kier alpha value is -3.00. The molecule has 2 aromatic heterocycles. The highest BCUT2D eigenvalue weighted by atomic mass is 19.1. The molecule has 0 amide bonds. The quantitative estimate of drug-likeness (QED) is 0.670. The Morgan fingerprint density at radius 3 is 2.74 bits per heavy atom. The van der Waals surface area contributed by atoms with Crippen LogP contribution in [0.15, 0.2) is 49.3 Å². The van der Waals surface area contributed by atoms with Crippen LogP contribution >= 0.6 is 0 Å². The number of hydrogen-bond acceptors (Lipinski definition) is 6. The molecular formula is C23H27FN6O. The molecule has 3 aromatic rings. The normalized spacial score (nSPS) is 29.8. The lowest BCUT2D eigenvalue weighted by molar-refractivity contribution is 0.0859. The number of nitrogens with one attached hydrogen (secondary N) is 1. The van der Waals surface area contributed by atoms with Gasteiger partial charge in [-0.2, -0.15) is 0 Å². The SMILES string of the molecule is CN(c1cnc(-c2ccc(-n3ccnc3)cc2O)cn1)[C@H]1C[C@]2(C)CC[C@@](C)(N2)[C@H]1F. The van der Waals surface area contributed by atoms with Gasteiger partial charge in [-0.05, 0) is 45.2 Å². The highest BCUT2D eigenvalue weighted by molar-refractivity contribution is 5.68.